The van der Waals surface area contributed by atoms with Crippen LogP contribution in [-0.2, 0) is 10.8 Å². The fourth-order valence-electron chi connectivity index (χ4n) is 1.41. The first kappa shape index (κ1) is 13.5. The molecule has 0 fully saturated rings. The Labute approximate surface area is 102 Å². The van der Waals surface area contributed by atoms with Crippen LogP contribution in [0.4, 0.5) is 0 Å². The summed E-state index contributed by atoms with van der Waals surface area (Å²) in [4.78, 5) is 0. The van der Waals surface area contributed by atoms with Crippen molar-refractivity contribution in [3.8, 4) is 0 Å². The predicted octanol–water partition coefficient (Wildman–Crippen LogP) is 3.09. The molecule has 0 saturated carbocycles. The maximum Gasteiger partial charge on any atom is 0.269 e. The van der Waals surface area contributed by atoms with Gasteiger partial charge in [0.2, 0.25) is 0 Å². The standard InChI is InChI=1S/C14H22OSi/c1-5-6-9-12-10-7-8-11-13(12)16-15-14(2,3)4/h7-8,10-11H,5-6,9H2,1-4H3. The van der Waals surface area contributed by atoms with E-state index >= 15 is 0 Å². The third-order valence-electron chi connectivity index (χ3n) is 2.28. The van der Waals surface area contributed by atoms with Gasteiger partial charge in [0.05, 0.1) is 0 Å². The molecule has 88 valence electrons. The van der Waals surface area contributed by atoms with Gasteiger partial charge in [-0.25, -0.2) is 0 Å². The molecule has 16 heavy (non-hydrogen) atoms. The molecule has 1 rings (SSSR count). The zero-order chi connectivity index (χ0) is 12.0. The van der Waals surface area contributed by atoms with Crippen LogP contribution in [0.15, 0.2) is 24.3 Å². The first-order chi connectivity index (χ1) is 7.53. The van der Waals surface area contributed by atoms with E-state index in [1.165, 1.54) is 30.0 Å². The van der Waals surface area contributed by atoms with E-state index in [0.717, 1.165) is 0 Å². The number of hydrogen-bond acceptors (Lipinski definition) is 1. The molecular formula is C14H22OSi. The summed E-state index contributed by atoms with van der Waals surface area (Å²) >= 11 is 0. The Morgan fingerprint density at radius 1 is 1.19 bits per heavy atom. The highest BCUT2D eigenvalue weighted by Crippen LogP contribution is 2.07. The minimum absolute atomic E-state index is 0.0453. The van der Waals surface area contributed by atoms with E-state index in [2.05, 4.69) is 52.0 Å². The van der Waals surface area contributed by atoms with Gasteiger partial charge in [-0.1, -0.05) is 37.6 Å². The molecule has 0 heterocycles. The Morgan fingerprint density at radius 3 is 2.50 bits per heavy atom. The predicted molar refractivity (Wildman–Crippen MR) is 71.3 cm³/mol. The van der Waals surface area contributed by atoms with Gasteiger partial charge in [0.25, 0.3) is 9.76 Å². The summed E-state index contributed by atoms with van der Waals surface area (Å²) in [6.07, 6.45) is 3.68. The summed E-state index contributed by atoms with van der Waals surface area (Å²) in [6.45, 7) is 8.55. The maximum absolute atomic E-state index is 5.86. The average Bonchev–Trinajstić information content (AvgIpc) is 2.23. The van der Waals surface area contributed by atoms with Gasteiger partial charge in [0.1, 0.15) is 0 Å². The highest BCUT2D eigenvalue weighted by atomic mass is 28.2. The van der Waals surface area contributed by atoms with Crippen LogP contribution in [0, 0.1) is 0 Å². The fourth-order valence-corrected chi connectivity index (χ4v) is 2.33. The minimum Gasteiger partial charge on any atom is -0.407 e. The number of aryl methyl sites for hydroxylation is 1. The van der Waals surface area contributed by atoms with E-state index in [1.807, 2.05) is 0 Å². The highest BCUT2D eigenvalue weighted by molar-refractivity contribution is 6.47. The average molecular weight is 234 g/mol. The van der Waals surface area contributed by atoms with Crippen LogP contribution in [0.3, 0.4) is 0 Å². The van der Waals surface area contributed by atoms with Crippen molar-refractivity contribution in [2.75, 3.05) is 0 Å². The van der Waals surface area contributed by atoms with Crippen LogP contribution >= 0.6 is 0 Å². The van der Waals surface area contributed by atoms with Gasteiger partial charge in [-0.3, -0.25) is 0 Å². The van der Waals surface area contributed by atoms with Gasteiger partial charge < -0.3 is 4.43 Å². The zero-order valence-corrected chi connectivity index (χ0v) is 11.8. The lowest BCUT2D eigenvalue weighted by molar-refractivity contribution is 0.141. The van der Waals surface area contributed by atoms with Crippen molar-refractivity contribution in [2.45, 2.75) is 52.6 Å². The van der Waals surface area contributed by atoms with E-state index in [0.29, 0.717) is 9.76 Å². The molecule has 1 aromatic rings. The van der Waals surface area contributed by atoms with Crippen LogP contribution < -0.4 is 5.19 Å². The molecule has 0 spiro atoms. The van der Waals surface area contributed by atoms with E-state index in [4.69, 9.17) is 4.43 Å². The Kier molecular flexibility index (Phi) is 5.23. The molecule has 0 unspecified atom stereocenters. The normalized spacial score (nSPS) is 11.8. The fraction of sp³-hybridized carbons (Fsp3) is 0.571. The second kappa shape index (κ2) is 6.21. The van der Waals surface area contributed by atoms with Gasteiger partial charge in [-0.15, -0.1) is 0 Å². The molecule has 0 saturated heterocycles. The van der Waals surface area contributed by atoms with E-state index < -0.39 is 0 Å². The van der Waals surface area contributed by atoms with Crippen molar-refractivity contribution in [1.82, 2.24) is 0 Å². The number of rotatable bonds is 5. The lowest BCUT2D eigenvalue weighted by Crippen LogP contribution is -2.30. The summed E-state index contributed by atoms with van der Waals surface area (Å²) in [6, 6.07) is 8.64. The largest absolute Gasteiger partial charge is 0.407 e. The Morgan fingerprint density at radius 2 is 1.88 bits per heavy atom. The first-order valence-electron chi connectivity index (χ1n) is 6.05. The molecule has 0 bridgehead atoms. The lowest BCUT2D eigenvalue weighted by Gasteiger charge is -2.20. The zero-order valence-electron chi connectivity index (χ0n) is 10.8. The summed E-state index contributed by atoms with van der Waals surface area (Å²) in [5.41, 5.74) is 1.41. The minimum atomic E-state index is -0.0453. The second-order valence-corrected chi connectivity index (χ2v) is 6.02. The van der Waals surface area contributed by atoms with Gasteiger partial charge in [0.15, 0.2) is 0 Å². The van der Waals surface area contributed by atoms with E-state index in [-0.39, 0.29) is 5.60 Å². The Bertz CT molecular complexity index is 315. The molecule has 1 nitrogen and oxygen atoms in total. The Balaban J connectivity index is 2.63. The van der Waals surface area contributed by atoms with Crippen LogP contribution in [0.5, 0.6) is 0 Å². The maximum atomic E-state index is 5.86. The van der Waals surface area contributed by atoms with Crippen molar-refractivity contribution < 1.29 is 4.43 Å². The van der Waals surface area contributed by atoms with E-state index in [9.17, 15) is 0 Å². The monoisotopic (exact) mass is 234 g/mol. The summed E-state index contributed by atoms with van der Waals surface area (Å²) in [5.74, 6) is 0. The quantitative estimate of drug-likeness (QED) is 0.711. The number of unbranched alkanes of at least 4 members (excludes halogenated alkanes) is 1. The SMILES string of the molecule is CCCCc1ccccc1[Si]OC(C)(C)C. The molecule has 0 aliphatic rings. The topological polar surface area (TPSA) is 9.23 Å². The van der Waals surface area contributed by atoms with Crippen LogP contribution in [0.1, 0.15) is 46.1 Å². The molecular weight excluding hydrogens is 212 g/mol. The third-order valence-corrected chi connectivity index (χ3v) is 3.71. The molecule has 2 radical (unpaired) electrons. The van der Waals surface area contributed by atoms with E-state index in [1.54, 1.807) is 0 Å². The number of hydrogen-bond donors (Lipinski definition) is 0. The van der Waals surface area contributed by atoms with Crippen molar-refractivity contribution in [2.24, 2.45) is 0 Å². The highest BCUT2D eigenvalue weighted by Gasteiger charge is 2.12. The van der Waals surface area contributed by atoms with Crippen LogP contribution in [0.2, 0.25) is 0 Å². The van der Waals surface area contributed by atoms with Crippen molar-refractivity contribution in [1.29, 1.82) is 0 Å². The van der Waals surface area contributed by atoms with Gasteiger partial charge in [-0.2, -0.15) is 0 Å². The smallest absolute Gasteiger partial charge is 0.269 e. The molecule has 0 atom stereocenters. The first-order valence-corrected chi connectivity index (χ1v) is 6.95. The molecule has 0 aromatic heterocycles. The molecule has 0 aliphatic heterocycles. The molecule has 0 aliphatic carbocycles. The summed E-state index contributed by atoms with van der Waals surface area (Å²) in [7, 11) is 0.466. The summed E-state index contributed by atoms with van der Waals surface area (Å²) < 4.78 is 5.86. The molecule has 1 aromatic carbocycles. The van der Waals surface area contributed by atoms with Crippen LogP contribution in [0.25, 0.3) is 0 Å². The molecule has 0 N–H and O–H groups in total. The van der Waals surface area contributed by atoms with Crippen molar-refractivity contribution in [3.63, 3.8) is 0 Å². The van der Waals surface area contributed by atoms with Crippen LogP contribution in [-0.4, -0.2) is 15.4 Å². The lowest BCUT2D eigenvalue weighted by atomic mass is 10.1. The second-order valence-electron chi connectivity index (χ2n) is 5.08. The Hall–Kier alpha value is -0.603. The third kappa shape index (κ3) is 4.95. The molecule has 2 heteroatoms. The van der Waals surface area contributed by atoms with Gasteiger partial charge in [0, 0.05) is 5.60 Å². The number of benzene rings is 1. The van der Waals surface area contributed by atoms with Gasteiger partial charge in [-0.05, 0) is 44.4 Å². The molecule has 0 amide bonds. The van der Waals surface area contributed by atoms with Crippen molar-refractivity contribution >= 4 is 14.9 Å². The van der Waals surface area contributed by atoms with Gasteiger partial charge >= 0.3 is 0 Å². The van der Waals surface area contributed by atoms with Crippen molar-refractivity contribution in [3.05, 3.63) is 29.8 Å². The summed E-state index contributed by atoms with van der Waals surface area (Å²) in [5, 5.41) is 1.37.